The lowest BCUT2D eigenvalue weighted by molar-refractivity contribution is 0.102. The molecule has 1 amide bonds. The number of rotatable bonds is 2. The van der Waals surface area contributed by atoms with Crippen LogP contribution in [0.15, 0.2) is 47.5 Å². The fraction of sp³-hybridized carbons (Fsp3) is 0. The molecule has 0 saturated heterocycles. The first-order chi connectivity index (χ1) is 9.24. The van der Waals surface area contributed by atoms with Gasteiger partial charge in [0.2, 0.25) is 0 Å². The molecule has 6 heteroatoms. The average Bonchev–Trinajstić information content (AvgIpc) is 2.91. The molecule has 0 unspecified atom stereocenters. The SMILES string of the molecule is O=C(Nc1cn[nH]c1)c1cc(=O)c2ccccc2[nH]1. The summed E-state index contributed by atoms with van der Waals surface area (Å²) < 4.78 is 0. The maximum Gasteiger partial charge on any atom is 0.272 e. The number of carbonyl (C=O) groups excluding carboxylic acids is 1. The van der Waals surface area contributed by atoms with Gasteiger partial charge in [-0.1, -0.05) is 12.1 Å². The summed E-state index contributed by atoms with van der Waals surface area (Å²) in [7, 11) is 0. The van der Waals surface area contributed by atoms with E-state index < -0.39 is 0 Å². The Morgan fingerprint density at radius 1 is 1.26 bits per heavy atom. The molecule has 0 spiro atoms. The van der Waals surface area contributed by atoms with E-state index in [1.54, 1.807) is 30.5 Å². The molecule has 1 aromatic carbocycles. The van der Waals surface area contributed by atoms with Gasteiger partial charge < -0.3 is 10.3 Å². The molecule has 3 N–H and O–H groups in total. The first kappa shape index (κ1) is 11.2. The van der Waals surface area contributed by atoms with Crippen molar-refractivity contribution in [2.45, 2.75) is 0 Å². The van der Waals surface area contributed by atoms with Gasteiger partial charge in [-0.05, 0) is 12.1 Å². The molecule has 0 radical (unpaired) electrons. The van der Waals surface area contributed by atoms with Gasteiger partial charge in [0, 0.05) is 23.2 Å². The van der Waals surface area contributed by atoms with E-state index in [1.807, 2.05) is 0 Å². The van der Waals surface area contributed by atoms with E-state index in [9.17, 15) is 9.59 Å². The Morgan fingerprint density at radius 3 is 2.89 bits per heavy atom. The van der Waals surface area contributed by atoms with Gasteiger partial charge in [0.05, 0.1) is 11.9 Å². The van der Waals surface area contributed by atoms with Gasteiger partial charge in [-0.25, -0.2) is 0 Å². The Kier molecular flexibility index (Phi) is 2.60. The van der Waals surface area contributed by atoms with Crippen molar-refractivity contribution in [3.05, 3.63) is 58.6 Å². The number of H-pyrrole nitrogens is 2. The lowest BCUT2D eigenvalue weighted by atomic mass is 10.2. The zero-order valence-electron chi connectivity index (χ0n) is 9.81. The molecular weight excluding hydrogens is 244 g/mol. The van der Waals surface area contributed by atoms with Crippen molar-refractivity contribution in [2.75, 3.05) is 5.32 Å². The lowest BCUT2D eigenvalue weighted by Crippen LogP contribution is -2.16. The van der Waals surface area contributed by atoms with Crippen LogP contribution in [0.3, 0.4) is 0 Å². The van der Waals surface area contributed by atoms with Crippen LogP contribution in [0.2, 0.25) is 0 Å². The number of fused-ring (bicyclic) bond motifs is 1. The van der Waals surface area contributed by atoms with E-state index in [-0.39, 0.29) is 17.0 Å². The normalized spacial score (nSPS) is 10.5. The second-order valence-electron chi connectivity index (χ2n) is 4.03. The largest absolute Gasteiger partial charge is 0.350 e. The quantitative estimate of drug-likeness (QED) is 0.647. The van der Waals surface area contributed by atoms with Crippen LogP contribution in [0.1, 0.15) is 10.5 Å². The number of carbonyl (C=O) groups is 1. The molecule has 0 saturated carbocycles. The molecule has 0 aliphatic rings. The number of benzene rings is 1. The van der Waals surface area contributed by atoms with E-state index in [2.05, 4.69) is 20.5 Å². The summed E-state index contributed by atoms with van der Waals surface area (Å²) in [5.74, 6) is -0.385. The molecule has 94 valence electrons. The molecule has 19 heavy (non-hydrogen) atoms. The summed E-state index contributed by atoms with van der Waals surface area (Å²) in [6.07, 6.45) is 3.04. The number of hydrogen-bond donors (Lipinski definition) is 3. The number of nitrogens with zero attached hydrogens (tertiary/aromatic N) is 1. The summed E-state index contributed by atoms with van der Waals surface area (Å²) in [6, 6.07) is 8.34. The zero-order chi connectivity index (χ0) is 13.2. The summed E-state index contributed by atoms with van der Waals surface area (Å²) in [5.41, 5.74) is 1.20. The summed E-state index contributed by atoms with van der Waals surface area (Å²) >= 11 is 0. The number of amides is 1. The van der Waals surface area contributed by atoms with Crippen LogP contribution in [-0.2, 0) is 0 Å². The van der Waals surface area contributed by atoms with Crippen molar-refractivity contribution in [1.82, 2.24) is 15.2 Å². The Hall–Kier alpha value is -2.89. The van der Waals surface area contributed by atoms with Crippen molar-refractivity contribution in [3.63, 3.8) is 0 Å². The molecule has 2 heterocycles. The van der Waals surface area contributed by atoms with Gasteiger partial charge in [0.25, 0.3) is 5.91 Å². The van der Waals surface area contributed by atoms with E-state index in [0.29, 0.717) is 16.6 Å². The fourth-order valence-electron chi connectivity index (χ4n) is 1.84. The van der Waals surface area contributed by atoms with Crippen LogP contribution in [0.4, 0.5) is 5.69 Å². The second-order valence-corrected chi connectivity index (χ2v) is 4.03. The minimum Gasteiger partial charge on any atom is -0.350 e. The van der Waals surface area contributed by atoms with E-state index in [1.165, 1.54) is 12.3 Å². The van der Waals surface area contributed by atoms with Crippen LogP contribution >= 0.6 is 0 Å². The molecule has 2 aromatic heterocycles. The van der Waals surface area contributed by atoms with Crippen LogP contribution in [0.5, 0.6) is 0 Å². The Bertz CT molecular complexity index is 790. The van der Waals surface area contributed by atoms with Crippen LogP contribution in [-0.4, -0.2) is 21.1 Å². The molecular formula is C13H10N4O2. The standard InChI is InChI=1S/C13H10N4O2/c18-12-5-11(13(19)16-8-6-14-15-7-8)17-10-4-2-1-3-9(10)12/h1-7H,(H,14,15)(H,16,19)(H,17,18). The highest BCUT2D eigenvalue weighted by atomic mass is 16.2. The smallest absolute Gasteiger partial charge is 0.272 e. The predicted octanol–water partition coefficient (Wildman–Crippen LogP) is 1.50. The number of nitrogens with one attached hydrogen (secondary N) is 3. The minimum absolute atomic E-state index is 0.188. The minimum atomic E-state index is -0.385. The third-order valence-corrected chi connectivity index (χ3v) is 2.74. The predicted molar refractivity (Wildman–Crippen MR) is 71.1 cm³/mol. The third kappa shape index (κ3) is 2.11. The van der Waals surface area contributed by atoms with Crippen molar-refractivity contribution in [3.8, 4) is 0 Å². The van der Waals surface area contributed by atoms with Gasteiger partial charge in [0.1, 0.15) is 5.69 Å². The van der Waals surface area contributed by atoms with E-state index in [4.69, 9.17) is 0 Å². The average molecular weight is 254 g/mol. The molecule has 0 atom stereocenters. The number of aromatic nitrogens is 3. The van der Waals surface area contributed by atoms with Crippen LogP contribution < -0.4 is 10.7 Å². The van der Waals surface area contributed by atoms with Crippen molar-refractivity contribution < 1.29 is 4.79 Å². The fourth-order valence-corrected chi connectivity index (χ4v) is 1.84. The summed E-state index contributed by atoms with van der Waals surface area (Å²) in [5, 5.41) is 9.50. The molecule has 0 fully saturated rings. The maximum absolute atomic E-state index is 12.0. The molecule has 0 bridgehead atoms. The lowest BCUT2D eigenvalue weighted by Gasteiger charge is -2.04. The van der Waals surface area contributed by atoms with Gasteiger partial charge in [0.15, 0.2) is 5.43 Å². The van der Waals surface area contributed by atoms with Gasteiger partial charge >= 0.3 is 0 Å². The summed E-state index contributed by atoms with van der Waals surface area (Å²) in [4.78, 5) is 26.8. The van der Waals surface area contributed by atoms with Crippen molar-refractivity contribution in [2.24, 2.45) is 0 Å². The number of anilines is 1. The number of hydrogen-bond acceptors (Lipinski definition) is 3. The third-order valence-electron chi connectivity index (χ3n) is 2.74. The Balaban J connectivity index is 2.01. The highest BCUT2D eigenvalue weighted by Gasteiger charge is 2.10. The maximum atomic E-state index is 12.0. The monoisotopic (exact) mass is 254 g/mol. The molecule has 0 aliphatic carbocycles. The summed E-state index contributed by atoms with van der Waals surface area (Å²) in [6.45, 7) is 0. The Labute approximate surface area is 107 Å². The number of aromatic amines is 2. The van der Waals surface area contributed by atoms with Crippen molar-refractivity contribution >= 4 is 22.5 Å². The number of pyridine rings is 1. The van der Waals surface area contributed by atoms with Gasteiger partial charge in [-0.2, -0.15) is 5.10 Å². The van der Waals surface area contributed by atoms with Crippen molar-refractivity contribution in [1.29, 1.82) is 0 Å². The molecule has 3 aromatic rings. The van der Waals surface area contributed by atoms with Crippen LogP contribution in [0, 0.1) is 0 Å². The van der Waals surface area contributed by atoms with Gasteiger partial charge in [-0.15, -0.1) is 0 Å². The molecule has 6 nitrogen and oxygen atoms in total. The van der Waals surface area contributed by atoms with E-state index >= 15 is 0 Å². The van der Waals surface area contributed by atoms with E-state index in [0.717, 1.165) is 0 Å². The Morgan fingerprint density at radius 2 is 2.11 bits per heavy atom. The highest BCUT2D eigenvalue weighted by molar-refractivity contribution is 6.03. The first-order valence-corrected chi connectivity index (χ1v) is 5.66. The first-order valence-electron chi connectivity index (χ1n) is 5.66. The second kappa shape index (κ2) is 4.41. The zero-order valence-corrected chi connectivity index (χ0v) is 9.81. The topological polar surface area (TPSA) is 90.6 Å². The molecule has 3 rings (SSSR count). The van der Waals surface area contributed by atoms with Crippen LogP contribution in [0.25, 0.3) is 10.9 Å². The highest BCUT2D eigenvalue weighted by Crippen LogP contribution is 2.09. The van der Waals surface area contributed by atoms with Gasteiger partial charge in [-0.3, -0.25) is 14.7 Å². The molecule has 0 aliphatic heterocycles. The number of para-hydroxylation sites is 1.